The van der Waals surface area contributed by atoms with Crippen molar-refractivity contribution in [3.8, 4) is 11.4 Å². The van der Waals surface area contributed by atoms with Gasteiger partial charge in [0.15, 0.2) is 0 Å². The maximum atomic E-state index is 12.4. The molecule has 1 aromatic carbocycles. The first-order chi connectivity index (χ1) is 12.2. The van der Waals surface area contributed by atoms with Gasteiger partial charge >= 0.3 is 5.69 Å². The minimum atomic E-state index is -0.149. The third kappa shape index (κ3) is 2.61. The Bertz CT molecular complexity index is 1090. The Morgan fingerprint density at radius 3 is 2.76 bits per heavy atom. The fourth-order valence-electron chi connectivity index (χ4n) is 3.07. The van der Waals surface area contributed by atoms with Crippen molar-refractivity contribution in [2.75, 3.05) is 7.11 Å². The van der Waals surface area contributed by atoms with Crippen LogP contribution in [0.15, 0.2) is 59.8 Å². The molecule has 4 aromatic rings. The van der Waals surface area contributed by atoms with Crippen LogP contribution in [0.3, 0.4) is 0 Å². The Morgan fingerprint density at radius 1 is 1.20 bits per heavy atom. The molecule has 4 rings (SSSR count). The molecule has 25 heavy (non-hydrogen) atoms. The van der Waals surface area contributed by atoms with Crippen LogP contribution in [0.5, 0.6) is 5.75 Å². The highest BCUT2D eigenvalue weighted by atomic mass is 16.5. The van der Waals surface area contributed by atoms with E-state index in [2.05, 4.69) is 9.97 Å². The van der Waals surface area contributed by atoms with Crippen molar-refractivity contribution in [2.24, 2.45) is 0 Å². The Hall–Kier alpha value is -3.28. The van der Waals surface area contributed by atoms with Gasteiger partial charge in [0.05, 0.1) is 30.4 Å². The van der Waals surface area contributed by atoms with Crippen LogP contribution in [0, 0.1) is 6.92 Å². The molecule has 0 amide bonds. The van der Waals surface area contributed by atoms with Gasteiger partial charge in [0.2, 0.25) is 0 Å². The zero-order chi connectivity index (χ0) is 17.4. The molecule has 0 aliphatic heterocycles. The molecule has 0 aliphatic rings. The maximum absolute atomic E-state index is 12.4. The summed E-state index contributed by atoms with van der Waals surface area (Å²) in [5, 5.41) is 0. The van der Waals surface area contributed by atoms with Crippen LogP contribution in [-0.2, 0) is 6.54 Å². The number of hydrogen-bond acceptors (Lipinski definition) is 3. The molecular formula is C19H18N4O2. The fraction of sp³-hybridized carbons (Fsp3) is 0.158. The fourth-order valence-corrected chi connectivity index (χ4v) is 3.07. The summed E-state index contributed by atoms with van der Waals surface area (Å²) in [7, 11) is 1.63. The lowest BCUT2D eigenvalue weighted by Gasteiger charge is -2.10. The van der Waals surface area contributed by atoms with Gasteiger partial charge in [-0.05, 0) is 43.3 Å². The summed E-state index contributed by atoms with van der Waals surface area (Å²) in [6.07, 6.45) is 5.64. The Labute approximate surface area is 144 Å². The van der Waals surface area contributed by atoms with Gasteiger partial charge < -0.3 is 14.3 Å². The molecule has 3 aromatic heterocycles. The number of benzene rings is 1. The molecule has 0 radical (unpaired) electrons. The van der Waals surface area contributed by atoms with E-state index in [-0.39, 0.29) is 5.69 Å². The van der Waals surface area contributed by atoms with Gasteiger partial charge in [-0.25, -0.2) is 4.79 Å². The van der Waals surface area contributed by atoms with E-state index in [1.54, 1.807) is 17.9 Å². The first-order valence-corrected chi connectivity index (χ1v) is 8.02. The summed E-state index contributed by atoms with van der Waals surface area (Å²) < 4.78 is 9.04. The standard InChI is InChI=1S/C19H18N4O2/c1-13-16(20-8-7-18(13)25-2)12-23-17-6-5-14(22-9-3-4-10-22)11-15(17)21-19(23)24/h3-11H,12H2,1-2H3,(H,21,24). The molecule has 1 N–H and O–H groups in total. The number of nitrogens with zero attached hydrogens (tertiary/aromatic N) is 3. The normalized spacial score (nSPS) is 11.1. The molecular weight excluding hydrogens is 316 g/mol. The number of rotatable bonds is 4. The van der Waals surface area contributed by atoms with Gasteiger partial charge in [0, 0.05) is 29.8 Å². The number of aromatic amines is 1. The van der Waals surface area contributed by atoms with Gasteiger partial charge in [-0.15, -0.1) is 0 Å². The molecule has 0 aliphatic carbocycles. The lowest BCUT2D eigenvalue weighted by atomic mass is 10.2. The van der Waals surface area contributed by atoms with Gasteiger partial charge in [-0.1, -0.05) is 0 Å². The Morgan fingerprint density at radius 2 is 2.00 bits per heavy atom. The number of nitrogens with one attached hydrogen (secondary N) is 1. The van der Waals surface area contributed by atoms with Crippen molar-refractivity contribution in [1.82, 2.24) is 19.1 Å². The SMILES string of the molecule is COc1ccnc(Cn2c(=O)[nH]c3cc(-n4cccc4)ccc32)c1C. The number of pyridine rings is 1. The van der Waals surface area contributed by atoms with Gasteiger partial charge in [-0.2, -0.15) is 0 Å². The topological polar surface area (TPSA) is 64.8 Å². The molecule has 126 valence electrons. The van der Waals surface area contributed by atoms with Crippen molar-refractivity contribution in [3.63, 3.8) is 0 Å². The monoisotopic (exact) mass is 334 g/mol. The molecule has 0 atom stereocenters. The van der Waals surface area contributed by atoms with Crippen LogP contribution >= 0.6 is 0 Å². The first kappa shape index (κ1) is 15.3. The lowest BCUT2D eigenvalue weighted by molar-refractivity contribution is 0.410. The number of methoxy groups -OCH3 is 1. The number of H-pyrrole nitrogens is 1. The average molecular weight is 334 g/mol. The molecule has 0 bridgehead atoms. The van der Waals surface area contributed by atoms with Crippen molar-refractivity contribution in [1.29, 1.82) is 0 Å². The van der Waals surface area contributed by atoms with Gasteiger partial charge in [-0.3, -0.25) is 9.55 Å². The third-order valence-electron chi connectivity index (χ3n) is 4.45. The van der Waals surface area contributed by atoms with E-state index in [4.69, 9.17) is 4.74 Å². The average Bonchev–Trinajstić information content (AvgIpc) is 3.25. The number of ether oxygens (including phenoxy) is 1. The second-order valence-electron chi connectivity index (χ2n) is 5.89. The zero-order valence-electron chi connectivity index (χ0n) is 14.1. The predicted molar refractivity (Wildman–Crippen MR) is 96.5 cm³/mol. The van der Waals surface area contributed by atoms with Crippen LogP contribution in [0.1, 0.15) is 11.3 Å². The van der Waals surface area contributed by atoms with Crippen molar-refractivity contribution in [3.05, 3.63) is 76.7 Å². The molecule has 0 unspecified atom stereocenters. The summed E-state index contributed by atoms with van der Waals surface area (Å²) in [6, 6.07) is 11.7. The van der Waals surface area contributed by atoms with E-state index in [1.807, 2.05) is 60.3 Å². The highest BCUT2D eigenvalue weighted by molar-refractivity contribution is 5.78. The molecule has 0 saturated carbocycles. The molecule has 0 fully saturated rings. The molecule has 0 saturated heterocycles. The van der Waals surface area contributed by atoms with Crippen LogP contribution in [0.2, 0.25) is 0 Å². The van der Waals surface area contributed by atoms with E-state index in [9.17, 15) is 4.79 Å². The largest absolute Gasteiger partial charge is 0.496 e. The molecule has 3 heterocycles. The molecule has 6 nitrogen and oxygen atoms in total. The van der Waals surface area contributed by atoms with Crippen LogP contribution in [-0.4, -0.2) is 26.2 Å². The van der Waals surface area contributed by atoms with Gasteiger partial charge in [0.25, 0.3) is 0 Å². The number of imidazole rings is 1. The summed E-state index contributed by atoms with van der Waals surface area (Å²) in [5.41, 5.74) is 4.26. The van der Waals surface area contributed by atoms with E-state index in [0.29, 0.717) is 6.54 Å². The van der Waals surface area contributed by atoms with Crippen molar-refractivity contribution >= 4 is 11.0 Å². The van der Waals surface area contributed by atoms with E-state index >= 15 is 0 Å². The second-order valence-corrected chi connectivity index (χ2v) is 5.89. The Kier molecular flexibility index (Phi) is 3.65. The van der Waals surface area contributed by atoms with Crippen molar-refractivity contribution in [2.45, 2.75) is 13.5 Å². The molecule has 6 heteroatoms. The summed E-state index contributed by atoms with van der Waals surface area (Å²) in [6.45, 7) is 2.34. The number of fused-ring (bicyclic) bond motifs is 1. The van der Waals surface area contributed by atoms with E-state index in [1.165, 1.54) is 0 Å². The van der Waals surface area contributed by atoms with Gasteiger partial charge in [0.1, 0.15) is 5.75 Å². The zero-order valence-corrected chi connectivity index (χ0v) is 14.1. The van der Waals surface area contributed by atoms with Crippen LogP contribution in [0.25, 0.3) is 16.7 Å². The minimum Gasteiger partial charge on any atom is -0.496 e. The highest BCUT2D eigenvalue weighted by Crippen LogP contribution is 2.21. The highest BCUT2D eigenvalue weighted by Gasteiger charge is 2.12. The third-order valence-corrected chi connectivity index (χ3v) is 4.45. The second kappa shape index (κ2) is 5.98. The summed E-state index contributed by atoms with van der Waals surface area (Å²) >= 11 is 0. The minimum absolute atomic E-state index is 0.149. The van der Waals surface area contributed by atoms with E-state index < -0.39 is 0 Å². The molecule has 0 spiro atoms. The first-order valence-electron chi connectivity index (χ1n) is 8.02. The lowest BCUT2D eigenvalue weighted by Crippen LogP contribution is -2.18. The predicted octanol–water partition coefficient (Wildman–Crippen LogP) is 2.88. The van der Waals surface area contributed by atoms with Crippen LogP contribution in [0.4, 0.5) is 0 Å². The quantitative estimate of drug-likeness (QED) is 0.624. The Balaban J connectivity index is 1.78. The van der Waals surface area contributed by atoms with Crippen LogP contribution < -0.4 is 10.4 Å². The van der Waals surface area contributed by atoms with E-state index in [0.717, 1.165) is 33.7 Å². The number of hydrogen-bond donors (Lipinski definition) is 1. The maximum Gasteiger partial charge on any atom is 0.326 e. The van der Waals surface area contributed by atoms with Crippen molar-refractivity contribution < 1.29 is 4.74 Å². The smallest absolute Gasteiger partial charge is 0.326 e. The summed E-state index contributed by atoms with van der Waals surface area (Å²) in [5.74, 6) is 0.771. The number of aromatic nitrogens is 4. The summed E-state index contributed by atoms with van der Waals surface area (Å²) in [4.78, 5) is 19.8.